The van der Waals surface area contributed by atoms with Crippen LogP contribution in [0, 0.1) is 0 Å². The summed E-state index contributed by atoms with van der Waals surface area (Å²) in [5.74, 6) is 0.761. The zero-order valence-electron chi connectivity index (χ0n) is 14.2. The molecule has 0 aliphatic carbocycles. The topological polar surface area (TPSA) is 45.2 Å². The summed E-state index contributed by atoms with van der Waals surface area (Å²) in [6.45, 7) is 4.35. The molecular formula is C20H21N5. The molecule has 126 valence electrons. The number of hydrogen-bond acceptors (Lipinski definition) is 5. The van der Waals surface area contributed by atoms with Gasteiger partial charge in [0.1, 0.15) is 0 Å². The molecular weight excluding hydrogens is 310 g/mol. The van der Waals surface area contributed by atoms with Gasteiger partial charge in [-0.05, 0) is 30.2 Å². The largest absolute Gasteiger partial charge is 0.337 e. The van der Waals surface area contributed by atoms with Gasteiger partial charge >= 0.3 is 0 Å². The Labute approximate surface area is 147 Å². The molecule has 2 aliphatic rings. The lowest BCUT2D eigenvalue weighted by molar-refractivity contribution is 0.229. The standard InChI is InChI=1S/C20H21N5/c1-2-8-17-15(5-1)6-3-9-18(17)19-13-21-23-20(22-19)25-12-11-24-10-4-7-16(24)14-25/h1-3,5-6,8-9,13,16H,4,7,10-12,14H2/t16-/m0/s1. The smallest absolute Gasteiger partial charge is 0.246 e. The number of anilines is 1. The molecule has 0 amide bonds. The van der Waals surface area contributed by atoms with Crippen LogP contribution in [-0.4, -0.2) is 52.3 Å². The normalized spacial score (nSPS) is 20.8. The Balaban J connectivity index is 1.50. The maximum absolute atomic E-state index is 4.86. The quantitative estimate of drug-likeness (QED) is 0.722. The number of nitrogens with zero attached hydrogens (tertiary/aromatic N) is 5. The minimum Gasteiger partial charge on any atom is -0.337 e. The Morgan fingerprint density at radius 1 is 0.960 bits per heavy atom. The maximum Gasteiger partial charge on any atom is 0.246 e. The average Bonchev–Trinajstić information content (AvgIpc) is 3.15. The number of benzene rings is 2. The number of hydrogen-bond donors (Lipinski definition) is 0. The molecule has 3 heterocycles. The molecule has 2 aromatic carbocycles. The lowest BCUT2D eigenvalue weighted by Crippen LogP contribution is -2.50. The molecule has 2 saturated heterocycles. The van der Waals surface area contributed by atoms with Gasteiger partial charge in [0.15, 0.2) is 0 Å². The van der Waals surface area contributed by atoms with E-state index in [0.717, 1.165) is 36.8 Å². The first-order chi connectivity index (χ1) is 12.4. The van der Waals surface area contributed by atoms with E-state index in [-0.39, 0.29) is 0 Å². The van der Waals surface area contributed by atoms with Crippen molar-refractivity contribution in [3.05, 3.63) is 48.7 Å². The Morgan fingerprint density at radius 2 is 1.88 bits per heavy atom. The fourth-order valence-corrected chi connectivity index (χ4v) is 4.18. The number of fused-ring (bicyclic) bond motifs is 2. The Bertz CT molecular complexity index is 904. The van der Waals surface area contributed by atoms with Crippen LogP contribution < -0.4 is 4.90 Å². The fraction of sp³-hybridized carbons (Fsp3) is 0.350. The van der Waals surface area contributed by atoms with Gasteiger partial charge in [0.05, 0.1) is 11.9 Å². The van der Waals surface area contributed by atoms with Gasteiger partial charge in [-0.15, -0.1) is 5.10 Å². The van der Waals surface area contributed by atoms with Gasteiger partial charge in [-0.2, -0.15) is 5.10 Å². The van der Waals surface area contributed by atoms with E-state index >= 15 is 0 Å². The fourth-order valence-electron chi connectivity index (χ4n) is 4.18. The molecule has 3 aromatic rings. The monoisotopic (exact) mass is 331 g/mol. The predicted molar refractivity (Wildman–Crippen MR) is 99.6 cm³/mol. The lowest BCUT2D eigenvalue weighted by atomic mass is 10.0. The molecule has 5 rings (SSSR count). The van der Waals surface area contributed by atoms with Crippen molar-refractivity contribution in [2.24, 2.45) is 0 Å². The van der Waals surface area contributed by atoms with Gasteiger partial charge in [-0.25, -0.2) is 4.98 Å². The number of aromatic nitrogens is 3. The molecule has 2 fully saturated rings. The van der Waals surface area contributed by atoms with Crippen LogP contribution in [0.5, 0.6) is 0 Å². The summed E-state index contributed by atoms with van der Waals surface area (Å²) < 4.78 is 0. The molecule has 1 atom stereocenters. The van der Waals surface area contributed by atoms with E-state index in [1.165, 1.54) is 30.2 Å². The predicted octanol–water partition coefficient (Wildman–Crippen LogP) is 2.98. The van der Waals surface area contributed by atoms with Gasteiger partial charge in [0.2, 0.25) is 5.95 Å². The SMILES string of the molecule is c1ccc2c(-c3cnnc(N4CCN5CCC[C@H]5C4)n3)cccc2c1. The maximum atomic E-state index is 4.86. The van der Waals surface area contributed by atoms with E-state index in [4.69, 9.17) is 4.98 Å². The third-order valence-electron chi connectivity index (χ3n) is 5.48. The van der Waals surface area contributed by atoms with Crippen LogP contribution in [-0.2, 0) is 0 Å². The molecule has 5 nitrogen and oxygen atoms in total. The van der Waals surface area contributed by atoms with Crippen LogP contribution in [0.3, 0.4) is 0 Å². The molecule has 0 N–H and O–H groups in total. The van der Waals surface area contributed by atoms with Crippen LogP contribution in [0.1, 0.15) is 12.8 Å². The van der Waals surface area contributed by atoms with Crippen molar-refractivity contribution < 1.29 is 0 Å². The van der Waals surface area contributed by atoms with Crippen molar-refractivity contribution in [1.82, 2.24) is 20.1 Å². The second kappa shape index (κ2) is 6.08. The molecule has 5 heteroatoms. The van der Waals surface area contributed by atoms with E-state index in [0.29, 0.717) is 6.04 Å². The first-order valence-corrected chi connectivity index (χ1v) is 9.05. The lowest BCUT2D eigenvalue weighted by Gasteiger charge is -2.37. The Hall–Kier alpha value is -2.53. The van der Waals surface area contributed by atoms with Gasteiger partial charge in [-0.3, -0.25) is 4.90 Å². The van der Waals surface area contributed by atoms with Crippen LogP contribution >= 0.6 is 0 Å². The van der Waals surface area contributed by atoms with E-state index in [1.807, 2.05) is 0 Å². The van der Waals surface area contributed by atoms with Crippen LogP contribution in [0.25, 0.3) is 22.0 Å². The molecule has 2 aliphatic heterocycles. The summed E-state index contributed by atoms with van der Waals surface area (Å²) >= 11 is 0. The van der Waals surface area contributed by atoms with E-state index in [1.54, 1.807) is 6.20 Å². The van der Waals surface area contributed by atoms with E-state index in [2.05, 4.69) is 62.5 Å². The third kappa shape index (κ3) is 2.65. The van der Waals surface area contributed by atoms with Crippen molar-refractivity contribution in [2.45, 2.75) is 18.9 Å². The van der Waals surface area contributed by atoms with Crippen molar-refractivity contribution in [2.75, 3.05) is 31.1 Å². The summed E-state index contributed by atoms with van der Waals surface area (Å²) in [4.78, 5) is 9.76. The van der Waals surface area contributed by atoms with Gasteiger partial charge in [0, 0.05) is 31.2 Å². The summed E-state index contributed by atoms with van der Waals surface area (Å²) in [7, 11) is 0. The van der Waals surface area contributed by atoms with Gasteiger partial charge < -0.3 is 4.90 Å². The van der Waals surface area contributed by atoms with Crippen molar-refractivity contribution in [1.29, 1.82) is 0 Å². The number of rotatable bonds is 2. The molecule has 0 unspecified atom stereocenters. The first kappa shape index (κ1) is 14.8. The molecule has 0 saturated carbocycles. The highest BCUT2D eigenvalue weighted by Gasteiger charge is 2.31. The summed E-state index contributed by atoms with van der Waals surface area (Å²) in [5, 5.41) is 11.0. The average molecular weight is 331 g/mol. The summed E-state index contributed by atoms with van der Waals surface area (Å²) in [5.41, 5.74) is 2.02. The van der Waals surface area contributed by atoms with Crippen LogP contribution in [0.4, 0.5) is 5.95 Å². The highest BCUT2D eigenvalue weighted by molar-refractivity contribution is 5.95. The highest BCUT2D eigenvalue weighted by atomic mass is 15.4. The number of piperazine rings is 1. The van der Waals surface area contributed by atoms with Crippen LogP contribution in [0.2, 0.25) is 0 Å². The minimum atomic E-state index is 0.651. The van der Waals surface area contributed by atoms with Gasteiger partial charge in [-0.1, -0.05) is 42.5 Å². The van der Waals surface area contributed by atoms with Crippen LogP contribution in [0.15, 0.2) is 48.7 Å². The van der Waals surface area contributed by atoms with Crippen molar-refractivity contribution in [3.8, 4) is 11.3 Å². The molecule has 25 heavy (non-hydrogen) atoms. The zero-order chi connectivity index (χ0) is 16.6. The minimum absolute atomic E-state index is 0.651. The highest BCUT2D eigenvalue weighted by Crippen LogP contribution is 2.28. The van der Waals surface area contributed by atoms with E-state index < -0.39 is 0 Å². The Kier molecular flexibility index (Phi) is 3.59. The molecule has 1 aromatic heterocycles. The van der Waals surface area contributed by atoms with Gasteiger partial charge in [0.25, 0.3) is 0 Å². The van der Waals surface area contributed by atoms with Crippen molar-refractivity contribution in [3.63, 3.8) is 0 Å². The third-order valence-corrected chi connectivity index (χ3v) is 5.48. The molecule has 0 radical (unpaired) electrons. The van der Waals surface area contributed by atoms with E-state index in [9.17, 15) is 0 Å². The van der Waals surface area contributed by atoms with Crippen molar-refractivity contribution >= 4 is 16.7 Å². The second-order valence-corrected chi connectivity index (χ2v) is 6.95. The summed E-state index contributed by atoms with van der Waals surface area (Å²) in [6.07, 6.45) is 4.37. The zero-order valence-corrected chi connectivity index (χ0v) is 14.2. The Morgan fingerprint density at radius 3 is 2.88 bits per heavy atom. The summed E-state index contributed by atoms with van der Waals surface area (Å²) in [6, 6.07) is 15.4. The molecule has 0 bridgehead atoms. The first-order valence-electron chi connectivity index (χ1n) is 9.05. The second-order valence-electron chi connectivity index (χ2n) is 6.95. The molecule has 0 spiro atoms.